The number of ether oxygens (including phenoxy) is 1. The topological polar surface area (TPSA) is 60.4 Å². The molecule has 0 spiro atoms. The summed E-state index contributed by atoms with van der Waals surface area (Å²) in [6.45, 7) is 2.05. The highest BCUT2D eigenvalue weighted by Crippen LogP contribution is 2.55. The van der Waals surface area contributed by atoms with Gasteiger partial charge in [-0.25, -0.2) is 0 Å². The molecule has 0 aliphatic heterocycles. The van der Waals surface area contributed by atoms with Crippen LogP contribution in [0.3, 0.4) is 0 Å². The van der Waals surface area contributed by atoms with Crippen molar-refractivity contribution in [3.8, 4) is 0 Å². The van der Waals surface area contributed by atoms with E-state index in [0.717, 1.165) is 23.5 Å². The Morgan fingerprint density at radius 3 is 2.07 bits per heavy atom. The molecule has 2 aromatic rings. The summed E-state index contributed by atoms with van der Waals surface area (Å²) in [6.07, 6.45) is 4.72. The molecule has 0 N–H and O–H groups in total. The molecular formula is C25H29O4P. The van der Waals surface area contributed by atoms with Crippen LogP contribution in [0.2, 0.25) is 0 Å². The second-order valence-electron chi connectivity index (χ2n) is 7.76. The summed E-state index contributed by atoms with van der Waals surface area (Å²) in [5.41, 5.74) is 0.323. The molecule has 1 aliphatic carbocycles. The second kappa shape index (κ2) is 10.0. The molecule has 2 unspecified atom stereocenters. The number of esters is 1. The van der Waals surface area contributed by atoms with Gasteiger partial charge in [-0.3, -0.25) is 9.59 Å². The summed E-state index contributed by atoms with van der Waals surface area (Å²) in [7, 11) is -1.69. The van der Waals surface area contributed by atoms with E-state index in [2.05, 4.69) is 0 Å². The van der Waals surface area contributed by atoms with Crippen molar-refractivity contribution in [2.75, 3.05) is 7.11 Å². The monoisotopic (exact) mass is 424 g/mol. The Hall–Kier alpha value is -2.45. The fourth-order valence-electron chi connectivity index (χ4n) is 4.19. The zero-order valence-corrected chi connectivity index (χ0v) is 18.5. The summed E-state index contributed by atoms with van der Waals surface area (Å²) in [6, 6.07) is 19.0. The molecule has 30 heavy (non-hydrogen) atoms. The van der Waals surface area contributed by atoms with Crippen LogP contribution < -0.4 is 10.6 Å². The maximum Gasteiger partial charge on any atom is 0.306 e. The number of allylic oxidation sites excluding steroid dienone is 2. The summed E-state index contributed by atoms with van der Waals surface area (Å²) >= 11 is 0. The predicted molar refractivity (Wildman–Crippen MR) is 121 cm³/mol. The number of rotatable bonds is 9. The Kier molecular flexibility index (Phi) is 7.44. The van der Waals surface area contributed by atoms with E-state index in [0.29, 0.717) is 18.4 Å². The summed E-state index contributed by atoms with van der Waals surface area (Å²) < 4.78 is 19.5. The highest BCUT2D eigenvalue weighted by molar-refractivity contribution is 7.79. The van der Waals surface area contributed by atoms with Gasteiger partial charge in [-0.15, -0.1) is 0 Å². The second-order valence-corrected chi connectivity index (χ2v) is 10.8. The zero-order valence-electron chi connectivity index (χ0n) is 17.6. The fraction of sp³-hybridized carbons (Fsp3) is 0.360. The Morgan fingerprint density at radius 1 is 1.00 bits per heavy atom. The minimum absolute atomic E-state index is 0.0564. The van der Waals surface area contributed by atoms with E-state index in [1.165, 1.54) is 7.11 Å². The third-order valence-corrected chi connectivity index (χ3v) is 9.23. The highest BCUT2D eigenvalue weighted by atomic mass is 31.2. The van der Waals surface area contributed by atoms with E-state index < -0.39 is 7.14 Å². The van der Waals surface area contributed by atoms with Crippen molar-refractivity contribution in [3.05, 3.63) is 72.3 Å². The van der Waals surface area contributed by atoms with Gasteiger partial charge in [0.15, 0.2) is 5.78 Å². The molecule has 0 aromatic heterocycles. The number of benzene rings is 2. The lowest BCUT2D eigenvalue weighted by atomic mass is 9.92. The van der Waals surface area contributed by atoms with Crippen molar-refractivity contribution < 1.29 is 18.9 Å². The maximum absolute atomic E-state index is 14.6. The minimum atomic E-state index is -3.04. The molecule has 0 saturated heterocycles. The quantitative estimate of drug-likeness (QED) is 0.435. The van der Waals surface area contributed by atoms with Crippen molar-refractivity contribution in [2.45, 2.75) is 44.7 Å². The number of hydrogen-bond acceptors (Lipinski definition) is 4. The van der Waals surface area contributed by atoms with Crippen LogP contribution in [0.15, 0.2) is 72.3 Å². The average molecular weight is 424 g/mol. The van der Waals surface area contributed by atoms with Gasteiger partial charge in [-0.2, -0.15) is 0 Å². The van der Waals surface area contributed by atoms with Gasteiger partial charge < -0.3 is 9.30 Å². The van der Waals surface area contributed by atoms with E-state index in [1.54, 1.807) is 0 Å². The van der Waals surface area contributed by atoms with Crippen molar-refractivity contribution in [1.29, 1.82) is 0 Å². The third-order valence-electron chi connectivity index (χ3n) is 5.80. The van der Waals surface area contributed by atoms with Crippen molar-refractivity contribution >= 4 is 29.5 Å². The van der Waals surface area contributed by atoms with Crippen LogP contribution in [0.5, 0.6) is 0 Å². The first kappa shape index (κ1) is 22.2. The molecule has 0 saturated carbocycles. The molecule has 0 bridgehead atoms. The smallest absolute Gasteiger partial charge is 0.306 e. The number of methoxy groups -OCH3 is 1. The average Bonchev–Trinajstić information content (AvgIpc) is 3.22. The van der Waals surface area contributed by atoms with Crippen LogP contribution in [0, 0.1) is 5.92 Å². The Balaban J connectivity index is 2.05. The lowest BCUT2D eigenvalue weighted by Crippen LogP contribution is -2.24. The van der Waals surface area contributed by atoms with E-state index >= 15 is 0 Å². The highest BCUT2D eigenvalue weighted by Gasteiger charge is 2.43. The fourth-order valence-corrected chi connectivity index (χ4v) is 7.41. The van der Waals surface area contributed by atoms with E-state index in [4.69, 9.17) is 4.74 Å². The first-order valence-electron chi connectivity index (χ1n) is 10.5. The van der Waals surface area contributed by atoms with E-state index in [9.17, 15) is 14.2 Å². The Bertz CT molecular complexity index is 906. The maximum atomic E-state index is 14.6. The van der Waals surface area contributed by atoms with Crippen LogP contribution in [-0.4, -0.2) is 24.5 Å². The van der Waals surface area contributed by atoms with E-state index in [-0.39, 0.29) is 29.8 Å². The van der Waals surface area contributed by atoms with Gasteiger partial charge in [0.25, 0.3) is 0 Å². The molecule has 0 amide bonds. The summed E-state index contributed by atoms with van der Waals surface area (Å²) in [4.78, 5) is 24.9. The van der Waals surface area contributed by atoms with Gasteiger partial charge in [0.2, 0.25) is 0 Å². The molecule has 4 nitrogen and oxygen atoms in total. The molecule has 0 radical (unpaired) electrons. The molecule has 0 fully saturated rings. The predicted octanol–water partition coefficient (Wildman–Crippen LogP) is 4.64. The summed E-state index contributed by atoms with van der Waals surface area (Å²) in [5.74, 6) is -0.544. The van der Waals surface area contributed by atoms with E-state index in [1.807, 2.05) is 73.7 Å². The van der Waals surface area contributed by atoms with Crippen molar-refractivity contribution in [3.63, 3.8) is 0 Å². The molecule has 3 rings (SSSR count). The normalized spacial score (nSPS) is 18.7. The summed E-state index contributed by atoms with van der Waals surface area (Å²) in [5, 5.41) is 1.55. The van der Waals surface area contributed by atoms with Gasteiger partial charge in [-0.1, -0.05) is 80.1 Å². The largest absolute Gasteiger partial charge is 0.469 e. The van der Waals surface area contributed by atoms with Crippen LogP contribution in [0.25, 0.3) is 0 Å². The molecule has 158 valence electrons. The van der Waals surface area contributed by atoms with Crippen molar-refractivity contribution in [2.24, 2.45) is 5.92 Å². The van der Waals surface area contributed by atoms with Gasteiger partial charge >= 0.3 is 5.97 Å². The van der Waals surface area contributed by atoms with Crippen LogP contribution >= 0.6 is 7.14 Å². The number of carbonyl (C=O) groups is 2. The van der Waals surface area contributed by atoms with Gasteiger partial charge in [0, 0.05) is 22.7 Å². The van der Waals surface area contributed by atoms with Gasteiger partial charge in [0.1, 0.15) is 7.14 Å². The molecule has 2 aromatic carbocycles. The van der Waals surface area contributed by atoms with Crippen LogP contribution in [0.1, 0.15) is 39.0 Å². The molecule has 1 aliphatic rings. The standard InChI is InChI=1S/C25H29O4P/c1-3-4-15-24(26)23-18-22(16-19(23)17-25(27)29-2)30(28,20-11-7-5-8-12-20)21-13-9-6-10-14-21/h5-14,18-19,22H,3-4,15-17H2,1-2H3. The molecule has 5 heteroatoms. The Morgan fingerprint density at radius 2 is 1.57 bits per heavy atom. The van der Waals surface area contributed by atoms with Gasteiger partial charge in [-0.05, 0) is 24.3 Å². The van der Waals surface area contributed by atoms with Crippen LogP contribution in [0.4, 0.5) is 0 Å². The number of unbranched alkanes of at least 4 members (excludes halogenated alkanes) is 1. The number of carbonyl (C=O) groups excluding carboxylic acids is 2. The van der Waals surface area contributed by atoms with Crippen molar-refractivity contribution in [1.82, 2.24) is 0 Å². The lowest BCUT2D eigenvalue weighted by Gasteiger charge is -2.25. The molecule has 0 heterocycles. The number of ketones is 1. The Labute approximate surface area is 178 Å². The van der Waals surface area contributed by atoms with Gasteiger partial charge in [0.05, 0.1) is 13.5 Å². The van der Waals surface area contributed by atoms with Crippen LogP contribution in [-0.2, 0) is 18.9 Å². The number of Topliss-reactive ketones (excluding diaryl/α,β-unsaturated/α-hetero) is 1. The molecule has 2 atom stereocenters. The first-order valence-corrected chi connectivity index (χ1v) is 12.3. The minimum Gasteiger partial charge on any atom is -0.469 e. The lowest BCUT2D eigenvalue weighted by molar-refractivity contribution is -0.141. The SMILES string of the molecule is CCCCC(=O)C1=CC(P(=O)(c2ccccc2)c2ccccc2)CC1CC(=O)OC. The first-order chi connectivity index (χ1) is 14.5. The number of hydrogen-bond donors (Lipinski definition) is 0. The zero-order chi connectivity index (χ0) is 21.6. The third kappa shape index (κ3) is 4.65. The molecular weight excluding hydrogens is 395 g/mol.